The van der Waals surface area contributed by atoms with Crippen LogP contribution in [0.1, 0.15) is 5.56 Å². The quantitative estimate of drug-likeness (QED) is 0.796. The van der Waals surface area contributed by atoms with Gasteiger partial charge in [-0.25, -0.2) is 0 Å². The maximum absolute atomic E-state index is 11.8. The molecular weight excluding hydrogens is 268 g/mol. The van der Waals surface area contributed by atoms with Crippen molar-refractivity contribution in [2.24, 2.45) is 0 Å². The minimum atomic E-state index is -0.218. The van der Waals surface area contributed by atoms with Gasteiger partial charge in [-0.1, -0.05) is 30.3 Å². The molecule has 0 fully saturated rings. The SMILES string of the molecule is COc1ccccc1CNC(=O)COc1ccccc1N. The number of anilines is 1. The molecule has 0 aromatic heterocycles. The van der Waals surface area contributed by atoms with Crippen LogP contribution < -0.4 is 20.5 Å². The summed E-state index contributed by atoms with van der Waals surface area (Å²) < 4.78 is 10.6. The van der Waals surface area contributed by atoms with Gasteiger partial charge >= 0.3 is 0 Å². The number of para-hydroxylation sites is 3. The van der Waals surface area contributed by atoms with Gasteiger partial charge in [-0.15, -0.1) is 0 Å². The first kappa shape index (κ1) is 14.7. The highest BCUT2D eigenvalue weighted by Gasteiger charge is 2.06. The van der Waals surface area contributed by atoms with Gasteiger partial charge in [0.05, 0.1) is 12.8 Å². The Bertz CT molecular complexity index is 614. The summed E-state index contributed by atoms with van der Waals surface area (Å²) >= 11 is 0. The van der Waals surface area contributed by atoms with E-state index in [0.29, 0.717) is 18.0 Å². The maximum atomic E-state index is 11.8. The molecule has 0 unspecified atom stereocenters. The Hall–Kier alpha value is -2.69. The number of ether oxygens (including phenoxy) is 2. The van der Waals surface area contributed by atoms with E-state index in [1.165, 1.54) is 0 Å². The van der Waals surface area contributed by atoms with Crippen molar-refractivity contribution in [3.05, 3.63) is 54.1 Å². The van der Waals surface area contributed by atoms with E-state index in [1.54, 1.807) is 25.3 Å². The number of nitrogens with one attached hydrogen (secondary N) is 1. The molecule has 2 aromatic rings. The molecule has 2 aromatic carbocycles. The van der Waals surface area contributed by atoms with Crippen molar-refractivity contribution in [1.82, 2.24) is 5.32 Å². The van der Waals surface area contributed by atoms with Crippen molar-refractivity contribution in [1.29, 1.82) is 0 Å². The number of benzene rings is 2. The Labute approximate surface area is 123 Å². The zero-order valence-electron chi connectivity index (χ0n) is 11.8. The standard InChI is InChI=1S/C16H18N2O3/c1-20-14-8-4-2-6-12(14)10-18-16(19)11-21-15-9-5-3-7-13(15)17/h2-9H,10-11,17H2,1H3,(H,18,19). The third-order valence-electron chi connectivity index (χ3n) is 2.95. The molecule has 1 amide bonds. The van der Waals surface area contributed by atoms with Crippen LogP contribution in [0.2, 0.25) is 0 Å². The maximum Gasteiger partial charge on any atom is 0.258 e. The van der Waals surface area contributed by atoms with Gasteiger partial charge in [-0.2, -0.15) is 0 Å². The van der Waals surface area contributed by atoms with Gasteiger partial charge in [0.15, 0.2) is 6.61 Å². The average Bonchev–Trinajstić information content (AvgIpc) is 2.52. The highest BCUT2D eigenvalue weighted by Crippen LogP contribution is 2.19. The lowest BCUT2D eigenvalue weighted by Crippen LogP contribution is -2.28. The van der Waals surface area contributed by atoms with Gasteiger partial charge in [-0.3, -0.25) is 4.79 Å². The Balaban J connectivity index is 1.84. The predicted octanol–water partition coefficient (Wildman–Crippen LogP) is 1.97. The number of hydrogen-bond acceptors (Lipinski definition) is 4. The average molecular weight is 286 g/mol. The summed E-state index contributed by atoms with van der Waals surface area (Å²) in [7, 11) is 1.60. The fourth-order valence-corrected chi connectivity index (χ4v) is 1.85. The van der Waals surface area contributed by atoms with E-state index in [9.17, 15) is 4.79 Å². The lowest BCUT2D eigenvalue weighted by atomic mass is 10.2. The van der Waals surface area contributed by atoms with Gasteiger partial charge in [0, 0.05) is 12.1 Å². The van der Waals surface area contributed by atoms with Crippen molar-refractivity contribution >= 4 is 11.6 Å². The first-order valence-electron chi connectivity index (χ1n) is 6.56. The summed E-state index contributed by atoms with van der Waals surface area (Å²) in [5.41, 5.74) is 7.16. The Kier molecular flexibility index (Phi) is 5.04. The molecule has 0 radical (unpaired) electrons. The summed E-state index contributed by atoms with van der Waals surface area (Å²) in [6.07, 6.45) is 0. The molecule has 0 spiro atoms. The van der Waals surface area contributed by atoms with E-state index in [0.717, 1.165) is 11.3 Å². The number of methoxy groups -OCH3 is 1. The van der Waals surface area contributed by atoms with Crippen molar-refractivity contribution in [2.75, 3.05) is 19.5 Å². The predicted molar refractivity (Wildman–Crippen MR) is 81.2 cm³/mol. The Morgan fingerprint density at radius 3 is 2.48 bits per heavy atom. The number of hydrogen-bond donors (Lipinski definition) is 2. The summed E-state index contributed by atoms with van der Waals surface area (Å²) in [4.78, 5) is 11.8. The molecule has 5 nitrogen and oxygen atoms in total. The minimum absolute atomic E-state index is 0.0800. The largest absolute Gasteiger partial charge is 0.496 e. The third kappa shape index (κ3) is 4.14. The molecule has 110 valence electrons. The van der Waals surface area contributed by atoms with Gasteiger partial charge in [0.2, 0.25) is 0 Å². The fourth-order valence-electron chi connectivity index (χ4n) is 1.85. The molecule has 0 saturated heterocycles. The van der Waals surface area contributed by atoms with E-state index in [2.05, 4.69) is 5.32 Å². The monoisotopic (exact) mass is 286 g/mol. The highest BCUT2D eigenvalue weighted by molar-refractivity contribution is 5.77. The number of carbonyl (C=O) groups excluding carboxylic acids is 1. The first-order valence-corrected chi connectivity index (χ1v) is 6.56. The first-order chi connectivity index (χ1) is 10.2. The van der Waals surface area contributed by atoms with Crippen LogP contribution in [0.15, 0.2) is 48.5 Å². The topological polar surface area (TPSA) is 73.6 Å². The molecule has 5 heteroatoms. The summed E-state index contributed by atoms with van der Waals surface area (Å²) in [5.74, 6) is 1.03. The molecule has 21 heavy (non-hydrogen) atoms. The number of carbonyl (C=O) groups is 1. The lowest BCUT2D eigenvalue weighted by Gasteiger charge is -2.11. The number of nitrogens with two attached hydrogens (primary N) is 1. The zero-order valence-corrected chi connectivity index (χ0v) is 11.8. The molecule has 0 atom stereocenters. The van der Waals surface area contributed by atoms with E-state index in [-0.39, 0.29) is 12.5 Å². The van der Waals surface area contributed by atoms with Gasteiger partial charge in [0.1, 0.15) is 11.5 Å². The molecule has 0 heterocycles. The van der Waals surface area contributed by atoms with Crippen LogP contribution in [-0.4, -0.2) is 19.6 Å². The van der Waals surface area contributed by atoms with E-state index >= 15 is 0 Å². The third-order valence-corrected chi connectivity index (χ3v) is 2.95. The zero-order chi connectivity index (χ0) is 15.1. The van der Waals surface area contributed by atoms with E-state index < -0.39 is 0 Å². The van der Waals surface area contributed by atoms with Crippen molar-refractivity contribution < 1.29 is 14.3 Å². The summed E-state index contributed by atoms with van der Waals surface area (Å²) in [6, 6.07) is 14.6. The van der Waals surface area contributed by atoms with Crippen LogP contribution in [0.3, 0.4) is 0 Å². The highest BCUT2D eigenvalue weighted by atomic mass is 16.5. The molecule has 3 N–H and O–H groups in total. The molecule has 2 rings (SSSR count). The molecule has 0 aliphatic heterocycles. The van der Waals surface area contributed by atoms with Crippen molar-refractivity contribution in [3.8, 4) is 11.5 Å². The van der Waals surface area contributed by atoms with Crippen LogP contribution in [0.4, 0.5) is 5.69 Å². The molecule has 0 saturated carbocycles. The van der Waals surface area contributed by atoms with Crippen LogP contribution >= 0.6 is 0 Å². The van der Waals surface area contributed by atoms with Gasteiger partial charge in [-0.05, 0) is 18.2 Å². The Morgan fingerprint density at radius 1 is 1.10 bits per heavy atom. The number of nitrogen functional groups attached to an aromatic ring is 1. The van der Waals surface area contributed by atoms with E-state index in [1.807, 2.05) is 30.3 Å². The minimum Gasteiger partial charge on any atom is -0.496 e. The van der Waals surface area contributed by atoms with E-state index in [4.69, 9.17) is 15.2 Å². The summed E-state index contributed by atoms with van der Waals surface area (Å²) in [6.45, 7) is 0.305. The second-order valence-corrected chi connectivity index (χ2v) is 4.42. The second kappa shape index (κ2) is 7.19. The normalized spacial score (nSPS) is 9.95. The lowest BCUT2D eigenvalue weighted by molar-refractivity contribution is -0.123. The smallest absolute Gasteiger partial charge is 0.258 e. The van der Waals surface area contributed by atoms with Crippen molar-refractivity contribution in [2.45, 2.75) is 6.54 Å². The molecular formula is C16H18N2O3. The Morgan fingerprint density at radius 2 is 1.76 bits per heavy atom. The van der Waals surface area contributed by atoms with Crippen molar-refractivity contribution in [3.63, 3.8) is 0 Å². The number of amides is 1. The molecule has 0 aliphatic carbocycles. The number of rotatable bonds is 6. The fraction of sp³-hybridized carbons (Fsp3) is 0.188. The van der Waals surface area contributed by atoms with Gasteiger partial charge in [0.25, 0.3) is 5.91 Å². The van der Waals surface area contributed by atoms with Crippen LogP contribution in [-0.2, 0) is 11.3 Å². The van der Waals surface area contributed by atoms with Gasteiger partial charge < -0.3 is 20.5 Å². The molecule has 0 aliphatic rings. The van der Waals surface area contributed by atoms with Crippen LogP contribution in [0.5, 0.6) is 11.5 Å². The summed E-state index contributed by atoms with van der Waals surface area (Å²) in [5, 5.41) is 2.78. The molecule has 0 bridgehead atoms. The second-order valence-electron chi connectivity index (χ2n) is 4.42. The van der Waals surface area contributed by atoms with Crippen LogP contribution in [0, 0.1) is 0 Å². The van der Waals surface area contributed by atoms with Crippen LogP contribution in [0.25, 0.3) is 0 Å².